The van der Waals surface area contributed by atoms with Crippen molar-refractivity contribution >= 4 is 5.91 Å². The Morgan fingerprint density at radius 1 is 1.04 bits per heavy atom. The van der Waals surface area contributed by atoms with Crippen LogP contribution in [0.1, 0.15) is 18.9 Å². The molecule has 1 unspecified atom stereocenters. The first-order valence-corrected chi connectivity index (χ1v) is 8.43. The molecule has 1 amide bonds. The van der Waals surface area contributed by atoms with Crippen LogP contribution in [0.2, 0.25) is 0 Å². The van der Waals surface area contributed by atoms with Crippen molar-refractivity contribution < 1.29 is 14.3 Å². The molecule has 25 heavy (non-hydrogen) atoms. The summed E-state index contributed by atoms with van der Waals surface area (Å²) < 4.78 is 11.4. The maximum absolute atomic E-state index is 11.8. The van der Waals surface area contributed by atoms with Gasteiger partial charge in [-0.15, -0.1) is 0 Å². The predicted octanol–water partition coefficient (Wildman–Crippen LogP) is 2.84. The highest BCUT2D eigenvalue weighted by atomic mass is 16.5. The van der Waals surface area contributed by atoms with Crippen molar-refractivity contribution in [3.8, 4) is 11.5 Å². The Morgan fingerprint density at radius 3 is 2.24 bits per heavy atom. The Balaban J connectivity index is 1.72. The molecule has 0 bridgehead atoms. The van der Waals surface area contributed by atoms with Crippen molar-refractivity contribution in [2.75, 3.05) is 20.2 Å². The van der Waals surface area contributed by atoms with Gasteiger partial charge < -0.3 is 20.1 Å². The third-order valence-corrected chi connectivity index (χ3v) is 3.69. The summed E-state index contributed by atoms with van der Waals surface area (Å²) in [7, 11) is 1.76. The van der Waals surface area contributed by atoms with E-state index in [-0.39, 0.29) is 11.9 Å². The van der Waals surface area contributed by atoms with Crippen molar-refractivity contribution in [2.45, 2.75) is 26.0 Å². The van der Waals surface area contributed by atoms with Crippen LogP contribution in [0, 0.1) is 0 Å². The number of carbonyl (C=O) groups is 1. The zero-order valence-electron chi connectivity index (χ0n) is 14.9. The first kappa shape index (κ1) is 18.8. The zero-order chi connectivity index (χ0) is 18.1. The Kier molecular flexibility index (Phi) is 7.29. The van der Waals surface area contributed by atoms with Crippen molar-refractivity contribution in [3.63, 3.8) is 0 Å². The molecule has 134 valence electrons. The maximum atomic E-state index is 11.8. The number of benzene rings is 2. The molecule has 0 saturated heterocycles. The van der Waals surface area contributed by atoms with Crippen molar-refractivity contribution in [2.24, 2.45) is 5.73 Å². The second-order valence-electron chi connectivity index (χ2n) is 6.09. The largest absolute Gasteiger partial charge is 0.492 e. The number of nitrogens with two attached hydrogens (primary N) is 1. The second kappa shape index (κ2) is 9.69. The lowest BCUT2D eigenvalue weighted by molar-refractivity contribution is -0.130. The van der Waals surface area contributed by atoms with Gasteiger partial charge in [-0.3, -0.25) is 4.79 Å². The number of rotatable bonds is 9. The molecule has 0 aliphatic rings. The maximum Gasteiger partial charge on any atom is 0.223 e. The molecule has 0 aromatic heterocycles. The Hall–Kier alpha value is -2.53. The SMILES string of the molecule is CC(N)CC(=O)N(C)CCOc1ccc(OCc2ccccc2)cc1. The van der Waals surface area contributed by atoms with E-state index >= 15 is 0 Å². The summed E-state index contributed by atoms with van der Waals surface area (Å²) in [6.45, 7) is 3.32. The molecule has 5 nitrogen and oxygen atoms in total. The van der Waals surface area contributed by atoms with Gasteiger partial charge in [0.1, 0.15) is 24.7 Å². The van der Waals surface area contributed by atoms with Gasteiger partial charge in [0.05, 0.1) is 6.54 Å². The van der Waals surface area contributed by atoms with Crippen LogP contribution in [0.4, 0.5) is 0 Å². The lowest BCUT2D eigenvalue weighted by atomic mass is 10.2. The highest BCUT2D eigenvalue weighted by Crippen LogP contribution is 2.18. The van der Waals surface area contributed by atoms with E-state index in [1.165, 1.54) is 0 Å². The van der Waals surface area contributed by atoms with Crippen LogP contribution in [0.5, 0.6) is 11.5 Å². The highest BCUT2D eigenvalue weighted by molar-refractivity contribution is 5.76. The number of nitrogens with zero attached hydrogens (tertiary/aromatic N) is 1. The van der Waals surface area contributed by atoms with Gasteiger partial charge in [0, 0.05) is 19.5 Å². The molecule has 0 saturated carbocycles. The summed E-state index contributed by atoms with van der Waals surface area (Å²) in [6, 6.07) is 17.4. The molecule has 0 heterocycles. The fourth-order valence-corrected chi connectivity index (χ4v) is 2.23. The van der Waals surface area contributed by atoms with E-state index in [9.17, 15) is 4.79 Å². The van der Waals surface area contributed by atoms with E-state index in [4.69, 9.17) is 15.2 Å². The minimum absolute atomic E-state index is 0.0308. The topological polar surface area (TPSA) is 64.8 Å². The standard InChI is InChI=1S/C20H26N2O3/c1-16(21)14-20(23)22(2)12-13-24-18-8-10-19(11-9-18)25-15-17-6-4-3-5-7-17/h3-11,16H,12-15,21H2,1-2H3. The average Bonchev–Trinajstić information content (AvgIpc) is 2.61. The number of ether oxygens (including phenoxy) is 2. The van der Waals surface area contributed by atoms with Gasteiger partial charge in [0.2, 0.25) is 5.91 Å². The molecule has 0 fully saturated rings. The molecule has 0 spiro atoms. The van der Waals surface area contributed by atoms with Gasteiger partial charge in [0.25, 0.3) is 0 Å². The monoisotopic (exact) mass is 342 g/mol. The minimum Gasteiger partial charge on any atom is -0.492 e. The van der Waals surface area contributed by atoms with Crippen molar-refractivity contribution in [1.82, 2.24) is 4.90 Å². The van der Waals surface area contributed by atoms with Crippen LogP contribution < -0.4 is 15.2 Å². The minimum atomic E-state index is -0.126. The van der Waals surface area contributed by atoms with Crippen LogP contribution >= 0.6 is 0 Å². The molecule has 2 aromatic carbocycles. The number of hydrogen-bond donors (Lipinski definition) is 1. The van der Waals surface area contributed by atoms with Crippen LogP contribution in [-0.4, -0.2) is 37.0 Å². The average molecular weight is 342 g/mol. The lowest BCUT2D eigenvalue weighted by Gasteiger charge is -2.18. The molecule has 0 aliphatic carbocycles. The van der Waals surface area contributed by atoms with E-state index in [0.29, 0.717) is 26.2 Å². The van der Waals surface area contributed by atoms with Gasteiger partial charge in [0.15, 0.2) is 0 Å². The summed E-state index contributed by atoms with van der Waals surface area (Å²) in [4.78, 5) is 13.4. The van der Waals surface area contributed by atoms with E-state index in [2.05, 4.69) is 0 Å². The Labute approximate surface area is 149 Å². The molecule has 2 N–H and O–H groups in total. The smallest absolute Gasteiger partial charge is 0.223 e. The molecule has 0 aliphatic heterocycles. The first-order valence-electron chi connectivity index (χ1n) is 8.43. The first-order chi connectivity index (χ1) is 12.0. The quantitative estimate of drug-likeness (QED) is 0.761. The van der Waals surface area contributed by atoms with E-state index in [1.54, 1.807) is 11.9 Å². The van der Waals surface area contributed by atoms with Gasteiger partial charge in [-0.05, 0) is 36.8 Å². The fraction of sp³-hybridized carbons (Fsp3) is 0.350. The fourth-order valence-electron chi connectivity index (χ4n) is 2.23. The van der Waals surface area contributed by atoms with E-state index < -0.39 is 0 Å². The van der Waals surface area contributed by atoms with Gasteiger partial charge in [-0.25, -0.2) is 0 Å². The van der Waals surface area contributed by atoms with Gasteiger partial charge in [-0.1, -0.05) is 30.3 Å². The molecule has 0 radical (unpaired) electrons. The number of hydrogen-bond acceptors (Lipinski definition) is 4. The van der Waals surface area contributed by atoms with Crippen molar-refractivity contribution in [3.05, 3.63) is 60.2 Å². The molecule has 5 heteroatoms. The van der Waals surface area contributed by atoms with Crippen LogP contribution in [0.25, 0.3) is 0 Å². The van der Waals surface area contributed by atoms with Crippen LogP contribution in [0.3, 0.4) is 0 Å². The normalized spacial score (nSPS) is 11.6. The predicted molar refractivity (Wildman–Crippen MR) is 98.6 cm³/mol. The molecule has 1 atom stereocenters. The summed E-state index contributed by atoms with van der Waals surface area (Å²) in [5.41, 5.74) is 6.76. The molecule has 2 rings (SSSR count). The highest BCUT2D eigenvalue weighted by Gasteiger charge is 2.10. The lowest BCUT2D eigenvalue weighted by Crippen LogP contribution is -2.34. The Bertz CT molecular complexity index is 642. The summed E-state index contributed by atoms with van der Waals surface area (Å²) in [5.74, 6) is 1.57. The number of amides is 1. The van der Waals surface area contributed by atoms with Crippen LogP contribution in [0.15, 0.2) is 54.6 Å². The van der Waals surface area contributed by atoms with E-state index in [0.717, 1.165) is 17.1 Å². The van der Waals surface area contributed by atoms with Gasteiger partial charge in [-0.2, -0.15) is 0 Å². The van der Waals surface area contributed by atoms with Gasteiger partial charge >= 0.3 is 0 Å². The molecule has 2 aromatic rings. The third kappa shape index (κ3) is 6.85. The summed E-state index contributed by atoms with van der Waals surface area (Å²) in [5, 5.41) is 0. The summed E-state index contributed by atoms with van der Waals surface area (Å²) >= 11 is 0. The molecular formula is C20H26N2O3. The molecular weight excluding hydrogens is 316 g/mol. The van der Waals surface area contributed by atoms with Crippen LogP contribution in [-0.2, 0) is 11.4 Å². The summed E-state index contributed by atoms with van der Waals surface area (Å²) in [6.07, 6.45) is 0.351. The second-order valence-corrected chi connectivity index (χ2v) is 6.09. The zero-order valence-corrected chi connectivity index (χ0v) is 14.9. The van der Waals surface area contributed by atoms with Crippen molar-refractivity contribution in [1.29, 1.82) is 0 Å². The number of likely N-dealkylation sites (N-methyl/N-ethyl adjacent to an activating group) is 1. The third-order valence-electron chi connectivity index (χ3n) is 3.69. The van der Waals surface area contributed by atoms with E-state index in [1.807, 2.05) is 61.5 Å². The Morgan fingerprint density at radius 2 is 1.64 bits per heavy atom. The number of carbonyl (C=O) groups excluding carboxylic acids is 1.